The molecule has 0 aromatic carbocycles. The van der Waals surface area contributed by atoms with Gasteiger partial charge in [0.2, 0.25) is 5.91 Å². The highest BCUT2D eigenvalue weighted by Crippen LogP contribution is 2.15. The van der Waals surface area contributed by atoms with E-state index in [1.54, 1.807) is 0 Å². The fraction of sp³-hybridized carbons (Fsp3) is 0.923. The summed E-state index contributed by atoms with van der Waals surface area (Å²) >= 11 is 2.03. The fourth-order valence-corrected chi connectivity index (χ4v) is 3.68. The van der Waals surface area contributed by atoms with Crippen LogP contribution < -0.4 is 5.32 Å². The molecule has 0 aromatic heterocycles. The molecule has 0 saturated carbocycles. The van der Waals surface area contributed by atoms with Crippen LogP contribution >= 0.6 is 11.8 Å². The van der Waals surface area contributed by atoms with E-state index in [9.17, 15) is 4.79 Å². The second-order valence-corrected chi connectivity index (χ2v) is 6.40. The zero-order chi connectivity index (χ0) is 13.0. The zero-order valence-corrected chi connectivity index (χ0v) is 12.3. The maximum absolute atomic E-state index is 12.1. The molecule has 0 spiro atoms. The van der Waals surface area contributed by atoms with E-state index < -0.39 is 0 Å². The Balaban J connectivity index is 1.83. The zero-order valence-electron chi connectivity index (χ0n) is 11.5. The van der Waals surface area contributed by atoms with Crippen LogP contribution in [0.4, 0.5) is 0 Å². The first-order chi connectivity index (χ1) is 8.72. The van der Waals surface area contributed by atoms with Gasteiger partial charge in [0.15, 0.2) is 0 Å². The molecule has 18 heavy (non-hydrogen) atoms. The molecule has 104 valence electrons. The van der Waals surface area contributed by atoms with E-state index in [-0.39, 0.29) is 18.1 Å². The maximum atomic E-state index is 12.1. The van der Waals surface area contributed by atoms with Gasteiger partial charge in [-0.1, -0.05) is 13.3 Å². The summed E-state index contributed by atoms with van der Waals surface area (Å²) in [5, 5.41) is 3.40. The van der Waals surface area contributed by atoms with Crippen LogP contribution in [-0.2, 0) is 4.79 Å². The van der Waals surface area contributed by atoms with E-state index in [4.69, 9.17) is 0 Å². The van der Waals surface area contributed by atoms with Gasteiger partial charge in [-0.15, -0.1) is 0 Å². The van der Waals surface area contributed by atoms with Gasteiger partial charge >= 0.3 is 0 Å². The Morgan fingerprint density at radius 1 is 1.33 bits per heavy atom. The average Bonchev–Trinajstić information content (AvgIpc) is 2.65. The molecule has 2 heterocycles. The van der Waals surface area contributed by atoms with Gasteiger partial charge in [-0.3, -0.25) is 15.0 Å². The summed E-state index contributed by atoms with van der Waals surface area (Å²) in [6.07, 6.45) is 2.44. The Hall–Kier alpha value is -0.260. The van der Waals surface area contributed by atoms with Crippen molar-refractivity contribution in [3.05, 3.63) is 0 Å². The Labute approximate surface area is 114 Å². The van der Waals surface area contributed by atoms with Crippen LogP contribution in [0.25, 0.3) is 0 Å². The average molecular weight is 271 g/mol. The lowest BCUT2D eigenvalue weighted by Gasteiger charge is -2.30. The quantitative estimate of drug-likeness (QED) is 0.808. The van der Waals surface area contributed by atoms with Crippen LogP contribution in [0.3, 0.4) is 0 Å². The normalized spacial score (nSPS) is 30.1. The molecule has 1 amide bonds. The molecule has 0 bridgehead atoms. The third kappa shape index (κ3) is 3.39. The highest BCUT2D eigenvalue weighted by atomic mass is 32.2. The second-order valence-electron chi connectivity index (χ2n) is 5.18. The van der Waals surface area contributed by atoms with Gasteiger partial charge in [-0.25, -0.2) is 0 Å². The van der Waals surface area contributed by atoms with Crippen molar-refractivity contribution in [3.63, 3.8) is 0 Å². The summed E-state index contributed by atoms with van der Waals surface area (Å²) in [6.45, 7) is 8.41. The molecule has 1 N–H and O–H groups in total. The Morgan fingerprint density at radius 2 is 2.06 bits per heavy atom. The fourth-order valence-electron chi connectivity index (χ4n) is 2.70. The third-order valence-corrected chi connectivity index (χ3v) is 4.74. The van der Waals surface area contributed by atoms with Crippen LogP contribution in [0.15, 0.2) is 0 Å². The number of carbonyl (C=O) groups is 1. The van der Waals surface area contributed by atoms with Crippen LogP contribution in [0.1, 0.15) is 26.7 Å². The number of hydrogen-bond donors (Lipinski definition) is 1. The number of nitrogens with zero attached hydrogens (tertiary/aromatic N) is 2. The number of nitrogens with one attached hydrogen (secondary N) is 1. The van der Waals surface area contributed by atoms with Crippen molar-refractivity contribution in [2.24, 2.45) is 0 Å². The summed E-state index contributed by atoms with van der Waals surface area (Å²) in [7, 11) is 0. The smallest absolute Gasteiger partial charge is 0.240 e. The van der Waals surface area contributed by atoms with Gasteiger partial charge < -0.3 is 4.90 Å². The van der Waals surface area contributed by atoms with Gasteiger partial charge in [0.25, 0.3) is 0 Å². The number of rotatable bonds is 5. The van der Waals surface area contributed by atoms with E-state index in [1.165, 1.54) is 24.6 Å². The molecule has 0 aromatic rings. The van der Waals surface area contributed by atoms with Crippen LogP contribution in [0, 0.1) is 0 Å². The Kier molecular flexibility index (Phi) is 5.33. The van der Waals surface area contributed by atoms with Crippen molar-refractivity contribution < 1.29 is 4.79 Å². The first-order valence-corrected chi connectivity index (χ1v) is 8.24. The van der Waals surface area contributed by atoms with Crippen molar-refractivity contribution in [3.8, 4) is 0 Å². The molecule has 2 fully saturated rings. The van der Waals surface area contributed by atoms with Gasteiger partial charge in [-0.2, -0.15) is 11.8 Å². The van der Waals surface area contributed by atoms with E-state index in [2.05, 4.69) is 22.0 Å². The van der Waals surface area contributed by atoms with Gasteiger partial charge in [-0.05, 0) is 13.3 Å². The molecule has 4 nitrogen and oxygen atoms in total. The predicted molar refractivity (Wildman–Crippen MR) is 76.8 cm³/mol. The van der Waals surface area contributed by atoms with E-state index in [0.717, 1.165) is 25.9 Å². The molecule has 2 unspecified atom stereocenters. The van der Waals surface area contributed by atoms with Gasteiger partial charge in [0.05, 0.1) is 12.2 Å². The molecule has 2 atom stereocenters. The minimum Gasteiger partial charge on any atom is -0.325 e. The van der Waals surface area contributed by atoms with Gasteiger partial charge in [0, 0.05) is 37.7 Å². The molecule has 5 heteroatoms. The maximum Gasteiger partial charge on any atom is 0.240 e. The SMILES string of the molecule is CCCC1NC(C)C(=O)N1CCN1CCSCC1. The summed E-state index contributed by atoms with van der Waals surface area (Å²) < 4.78 is 0. The van der Waals surface area contributed by atoms with Crippen LogP contribution in [0.5, 0.6) is 0 Å². The summed E-state index contributed by atoms with van der Waals surface area (Å²) in [6, 6.07) is -0.00142. The lowest BCUT2D eigenvalue weighted by atomic mass is 10.2. The molecular formula is C13H25N3OS. The largest absolute Gasteiger partial charge is 0.325 e. The third-order valence-electron chi connectivity index (χ3n) is 3.80. The highest BCUT2D eigenvalue weighted by molar-refractivity contribution is 7.99. The standard InChI is InChI=1S/C13H25N3OS/c1-3-4-12-14-11(2)13(17)16(12)6-5-15-7-9-18-10-8-15/h11-12,14H,3-10H2,1-2H3. The first-order valence-electron chi connectivity index (χ1n) is 7.09. The topological polar surface area (TPSA) is 35.6 Å². The minimum absolute atomic E-state index is 0.00142. The molecule has 2 rings (SSSR count). The number of carbonyl (C=O) groups excluding carboxylic acids is 1. The summed E-state index contributed by atoms with van der Waals surface area (Å²) in [5.41, 5.74) is 0. The molecule has 2 saturated heterocycles. The van der Waals surface area contributed by atoms with E-state index in [0.29, 0.717) is 0 Å². The minimum atomic E-state index is -0.00142. The predicted octanol–water partition coefficient (Wildman–Crippen LogP) is 0.982. The lowest BCUT2D eigenvalue weighted by Crippen LogP contribution is -2.44. The van der Waals surface area contributed by atoms with Crippen LogP contribution in [-0.4, -0.2) is 65.6 Å². The van der Waals surface area contributed by atoms with E-state index >= 15 is 0 Å². The molecule has 0 radical (unpaired) electrons. The Bertz CT molecular complexity index is 281. The summed E-state index contributed by atoms with van der Waals surface area (Å²) in [5.74, 6) is 2.75. The lowest BCUT2D eigenvalue weighted by molar-refractivity contribution is -0.130. The number of hydrogen-bond acceptors (Lipinski definition) is 4. The summed E-state index contributed by atoms with van der Waals surface area (Å²) in [4.78, 5) is 16.6. The molecular weight excluding hydrogens is 246 g/mol. The first kappa shape index (κ1) is 14.2. The van der Waals surface area contributed by atoms with Crippen molar-refractivity contribution in [1.29, 1.82) is 0 Å². The van der Waals surface area contributed by atoms with Crippen molar-refractivity contribution in [2.45, 2.75) is 38.9 Å². The van der Waals surface area contributed by atoms with Crippen molar-refractivity contribution >= 4 is 17.7 Å². The van der Waals surface area contributed by atoms with Gasteiger partial charge in [0.1, 0.15) is 0 Å². The highest BCUT2D eigenvalue weighted by Gasteiger charge is 2.35. The number of thioether (sulfide) groups is 1. The molecule has 2 aliphatic heterocycles. The monoisotopic (exact) mass is 271 g/mol. The number of amides is 1. The Morgan fingerprint density at radius 3 is 2.72 bits per heavy atom. The van der Waals surface area contributed by atoms with Crippen molar-refractivity contribution in [2.75, 3.05) is 37.7 Å². The van der Waals surface area contributed by atoms with Crippen LogP contribution in [0.2, 0.25) is 0 Å². The van der Waals surface area contributed by atoms with E-state index in [1.807, 2.05) is 18.7 Å². The molecule has 2 aliphatic rings. The second kappa shape index (κ2) is 6.78. The molecule has 0 aliphatic carbocycles. The van der Waals surface area contributed by atoms with Crippen molar-refractivity contribution in [1.82, 2.24) is 15.1 Å².